The maximum Gasteiger partial charge on any atom is 0.317 e. The summed E-state index contributed by atoms with van der Waals surface area (Å²) in [4.78, 5) is 24.7. The number of carboxylic acids is 1. The molecule has 2 atom stereocenters. The van der Waals surface area contributed by atoms with Crippen LogP contribution < -0.4 is 5.32 Å². The first kappa shape index (κ1) is 16.8. The van der Waals surface area contributed by atoms with E-state index in [1.165, 1.54) is 0 Å². The zero-order valence-corrected chi connectivity index (χ0v) is 12.8. The Hall–Kier alpha value is -1.30. The van der Waals surface area contributed by atoms with Crippen LogP contribution in [0.25, 0.3) is 0 Å². The molecule has 2 amide bonds. The highest BCUT2D eigenvalue weighted by molar-refractivity contribution is 5.76. The molecular weight excluding hydrogens is 260 g/mol. The smallest absolute Gasteiger partial charge is 0.317 e. The lowest BCUT2D eigenvalue weighted by molar-refractivity contribution is -0.137. The summed E-state index contributed by atoms with van der Waals surface area (Å²) in [5.74, 6) is -0.897. The van der Waals surface area contributed by atoms with Crippen molar-refractivity contribution in [1.29, 1.82) is 0 Å². The summed E-state index contributed by atoms with van der Waals surface area (Å²) in [5.41, 5.74) is -0.0392. The first-order chi connectivity index (χ1) is 9.19. The Labute approximate surface area is 120 Å². The van der Waals surface area contributed by atoms with Crippen molar-refractivity contribution >= 4 is 12.0 Å². The molecule has 0 aromatic carbocycles. The van der Waals surface area contributed by atoms with E-state index in [4.69, 9.17) is 9.84 Å². The molecule has 20 heavy (non-hydrogen) atoms. The van der Waals surface area contributed by atoms with Crippen LogP contribution in [-0.2, 0) is 9.53 Å². The van der Waals surface area contributed by atoms with Crippen molar-refractivity contribution in [2.24, 2.45) is 5.41 Å². The Morgan fingerprint density at radius 3 is 2.55 bits per heavy atom. The monoisotopic (exact) mass is 286 g/mol. The summed E-state index contributed by atoms with van der Waals surface area (Å²) in [6, 6.07) is -0.504. The number of aliphatic carboxylic acids is 1. The van der Waals surface area contributed by atoms with Crippen molar-refractivity contribution in [3.63, 3.8) is 0 Å². The predicted molar refractivity (Wildman–Crippen MR) is 75.6 cm³/mol. The van der Waals surface area contributed by atoms with E-state index in [9.17, 15) is 9.59 Å². The fraction of sp³-hybridized carbons (Fsp3) is 0.857. The maximum absolute atomic E-state index is 12.2. The second-order valence-corrected chi connectivity index (χ2v) is 6.64. The highest BCUT2D eigenvalue weighted by Gasteiger charge is 2.28. The summed E-state index contributed by atoms with van der Waals surface area (Å²) >= 11 is 0. The van der Waals surface area contributed by atoms with Crippen molar-refractivity contribution in [2.45, 2.75) is 52.1 Å². The van der Waals surface area contributed by atoms with Gasteiger partial charge in [-0.15, -0.1) is 0 Å². The number of amides is 2. The number of carbonyl (C=O) groups excluding carboxylic acids is 1. The molecule has 1 saturated heterocycles. The van der Waals surface area contributed by atoms with Crippen LogP contribution in [0.3, 0.4) is 0 Å². The topological polar surface area (TPSA) is 78.9 Å². The molecule has 1 aliphatic rings. The van der Waals surface area contributed by atoms with Gasteiger partial charge >= 0.3 is 12.0 Å². The van der Waals surface area contributed by atoms with Gasteiger partial charge in [-0.2, -0.15) is 0 Å². The fourth-order valence-corrected chi connectivity index (χ4v) is 2.39. The van der Waals surface area contributed by atoms with Crippen LogP contribution in [0.2, 0.25) is 0 Å². The molecular formula is C14H26N2O4. The molecule has 6 nitrogen and oxygen atoms in total. The van der Waals surface area contributed by atoms with Gasteiger partial charge < -0.3 is 20.1 Å². The number of rotatable bonds is 5. The Kier molecular flexibility index (Phi) is 5.80. The second-order valence-electron chi connectivity index (χ2n) is 6.64. The number of ether oxygens (including phenoxy) is 1. The molecule has 1 heterocycles. The number of nitrogens with zero attached hydrogens (tertiary/aromatic N) is 1. The number of carbonyl (C=O) groups is 2. The number of nitrogens with one attached hydrogen (secondary N) is 1. The van der Waals surface area contributed by atoms with E-state index in [1.54, 1.807) is 11.9 Å². The number of urea groups is 1. The average molecular weight is 286 g/mol. The van der Waals surface area contributed by atoms with Crippen molar-refractivity contribution < 1.29 is 19.4 Å². The van der Waals surface area contributed by atoms with Gasteiger partial charge in [0.05, 0.1) is 19.1 Å². The third-order valence-corrected chi connectivity index (χ3v) is 3.38. The SMILES string of the molecule is CN(C(=O)NC(CC(=O)O)CC(C)(C)C)C1CCOC1. The number of hydrogen-bond acceptors (Lipinski definition) is 3. The molecule has 0 aromatic rings. The highest BCUT2D eigenvalue weighted by atomic mass is 16.5. The minimum absolute atomic E-state index is 0.0392. The van der Waals surface area contributed by atoms with Gasteiger partial charge in [-0.1, -0.05) is 20.8 Å². The molecule has 0 aliphatic carbocycles. The van der Waals surface area contributed by atoms with Gasteiger partial charge in [-0.05, 0) is 18.3 Å². The Bertz CT molecular complexity index is 346. The normalized spacial score (nSPS) is 20.5. The molecule has 0 saturated carbocycles. The van der Waals surface area contributed by atoms with Crippen molar-refractivity contribution in [3.05, 3.63) is 0 Å². The lowest BCUT2D eigenvalue weighted by Crippen LogP contribution is -2.48. The van der Waals surface area contributed by atoms with Crippen LogP contribution in [-0.4, -0.2) is 54.4 Å². The molecule has 2 unspecified atom stereocenters. The number of hydrogen-bond donors (Lipinski definition) is 2. The van der Waals surface area contributed by atoms with Gasteiger partial charge in [0.1, 0.15) is 0 Å². The Morgan fingerprint density at radius 2 is 2.10 bits per heavy atom. The van der Waals surface area contributed by atoms with Gasteiger partial charge in [0.15, 0.2) is 0 Å². The Balaban J connectivity index is 2.58. The van der Waals surface area contributed by atoms with E-state index in [-0.39, 0.29) is 30.0 Å². The molecule has 1 aliphatic heterocycles. The van der Waals surface area contributed by atoms with Gasteiger partial charge in [0.2, 0.25) is 0 Å². The quantitative estimate of drug-likeness (QED) is 0.806. The lowest BCUT2D eigenvalue weighted by atomic mass is 9.87. The standard InChI is InChI=1S/C14H26N2O4/c1-14(2,3)8-10(7-12(17)18)15-13(19)16(4)11-5-6-20-9-11/h10-11H,5-9H2,1-4H3,(H,15,19)(H,17,18). The maximum atomic E-state index is 12.2. The van der Waals surface area contributed by atoms with E-state index in [2.05, 4.69) is 5.32 Å². The first-order valence-corrected chi connectivity index (χ1v) is 7.02. The molecule has 0 radical (unpaired) electrons. The Morgan fingerprint density at radius 1 is 1.45 bits per heavy atom. The van der Waals surface area contributed by atoms with Crippen LogP contribution >= 0.6 is 0 Å². The van der Waals surface area contributed by atoms with Crippen molar-refractivity contribution in [2.75, 3.05) is 20.3 Å². The fourth-order valence-electron chi connectivity index (χ4n) is 2.39. The van der Waals surface area contributed by atoms with E-state index >= 15 is 0 Å². The predicted octanol–water partition coefficient (Wildman–Crippen LogP) is 1.70. The lowest BCUT2D eigenvalue weighted by Gasteiger charge is -2.29. The third-order valence-electron chi connectivity index (χ3n) is 3.38. The molecule has 6 heteroatoms. The van der Waals surface area contributed by atoms with Gasteiger partial charge in [-0.3, -0.25) is 4.79 Å². The molecule has 1 fully saturated rings. The van der Waals surface area contributed by atoms with Crippen LogP contribution in [0.1, 0.15) is 40.0 Å². The van der Waals surface area contributed by atoms with E-state index in [0.717, 1.165) is 6.42 Å². The number of carboxylic acid groups (broad SMARTS) is 1. The average Bonchev–Trinajstić information content (AvgIpc) is 2.77. The van der Waals surface area contributed by atoms with Crippen LogP contribution in [0, 0.1) is 5.41 Å². The van der Waals surface area contributed by atoms with E-state index in [1.807, 2.05) is 20.8 Å². The van der Waals surface area contributed by atoms with Crippen LogP contribution in [0.4, 0.5) is 4.79 Å². The molecule has 1 rings (SSSR count). The van der Waals surface area contributed by atoms with E-state index in [0.29, 0.717) is 19.6 Å². The zero-order chi connectivity index (χ0) is 15.3. The van der Waals surface area contributed by atoms with Crippen molar-refractivity contribution in [1.82, 2.24) is 10.2 Å². The molecule has 0 aromatic heterocycles. The summed E-state index contributed by atoms with van der Waals surface area (Å²) in [7, 11) is 1.73. The van der Waals surface area contributed by atoms with Gasteiger partial charge in [0, 0.05) is 19.7 Å². The summed E-state index contributed by atoms with van der Waals surface area (Å²) < 4.78 is 5.26. The van der Waals surface area contributed by atoms with Crippen LogP contribution in [0.5, 0.6) is 0 Å². The minimum atomic E-state index is -0.897. The number of likely N-dealkylation sites (N-methyl/N-ethyl adjacent to an activating group) is 1. The highest BCUT2D eigenvalue weighted by Crippen LogP contribution is 2.22. The minimum Gasteiger partial charge on any atom is -0.481 e. The summed E-state index contributed by atoms with van der Waals surface area (Å²) in [5, 5.41) is 11.8. The molecule has 116 valence electrons. The molecule has 2 N–H and O–H groups in total. The molecule has 0 bridgehead atoms. The summed E-state index contributed by atoms with van der Waals surface area (Å²) in [6.45, 7) is 7.31. The second kappa shape index (κ2) is 6.92. The molecule has 0 spiro atoms. The zero-order valence-electron chi connectivity index (χ0n) is 12.8. The summed E-state index contributed by atoms with van der Waals surface area (Å²) in [6.07, 6.45) is 1.39. The largest absolute Gasteiger partial charge is 0.481 e. The van der Waals surface area contributed by atoms with Crippen molar-refractivity contribution in [3.8, 4) is 0 Å². The van der Waals surface area contributed by atoms with Crippen LogP contribution in [0.15, 0.2) is 0 Å². The van der Waals surface area contributed by atoms with E-state index < -0.39 is 5.97 Å². The van der Waals surface area contributed by atoms with Gasteiger partial charge in [-0.25, -0.2) is 4.79 Å². The third kappa shape index (κ3) is 5.77. The first-order valence-electron chi connectivity index (χ1n) is 7.02. The van der Waals surface area contributed by atoms with Gasteiger partial charge in [0.25, 0.3) is 0 Å².